The van der Waals surface area contributed by atoms with Crippen LogP contribution in [-0.4, -0.2) is 10.8 Å². The summed E-state index contributed by atoms with van der Waals surface area (Å²) in [6.07, 6.45) is 1.31. The van der Waals surface area contributed by atoms with Crippen LogP contribution in [0.4, 0.5) is 5.69 Å². The van der Waals surface area contributed by atoms with Gasteiger partial charge in [0.2, 0.25) is 0 Å². The molecule has 4 heteroatoms. The molecule has 2 rings (SSSR count). The molecule has 2 N–H and O–H groups in total. The first-order valence-electron chi connectivity index (χ1n) is 3.82. The summed E-state index contributed by atoms with van der Waals surface area (Å²) in [5.41, 5.74) is 7.80. The molecule has 4 nitrogen and oxygen atoms in total. The van der Waals surface area contributed by atoms with E-state index in [0.29, 0.717) is 22.4 Å². The highest BCUT2D eigenvalue weighted by molar-refractivity contribution is 6.00. The zero-order valence-corrected chi connectivity index (χ0v) is 7.07. The number of fused-ring (bicyclic) bond motifs is 1. The van der Waals surface area contributed by atoms with Crippen LogP contribution in [0.25, 0.3) is 11.1 Å². The highest BCUT2D eigenvalue weighted by atomic mass is 16.3. The number of aromatic nitrogens is 1. The van der Waals surface area contributed by atoms with E-state index < -0.39 is 0 Å². The van der Waals surface area contributed by atoms with E-state index in [1.807, 2.05) is 0 Å². The third-order valence-corrected chi connectivity index (χ3v) is 1.87. The van der Waals surface area contributed by atoms with Crippen molar-refractivity contribution in [2.75, 3.05) is 5.73 Å². The molecule has 0 saturated heterocycles. The molecule has 0 spiro atoms. The van der Waals surface area contributed by atoms with Gasteiger partial charge in [0.15, 0.2) is 17.8 Å². The Labute approximate surface area is 74.4 Å². The van der Waals surface area contributed by atoms with E-state index >= 15 is 0 Å². The zero-order chi connectivity index (χ0) is 9.42. The first kappa shape index (κ1) is 7.79. The molecule has 0 radical (unpaired) electrons. The van der Waals surface area contributed by atoms with Gasteiger partial charge in [-0.1, -0.05) is 0 Å². The fourth-order valence-electron chi connectivity index (χ4n) is 1.20. The molecule has 0 atom stereocenters. The summed E-state index contributed by atoms with van der Waals surface area (Å²) in [5.74, 6) is -0.0309. The summed E-state index contributed by atoms with van der Waals surface area (Å²) in [4.78, 5) is 15.0. The third-order valence-electron chi connectivity index (χ3n) is 1.87. The Kier molecular flexibility index (Phi) is 1.55. The van der Waals surface area contributed by atoms with Gasteiger partial charge in [0.25, 0.3) is 0 Å². The second-order valence-electron chi connectivity index (χ2n) is 2.82. The largest absolute Gasteiger partial charge is 0.441 e. The Morgan fingerprint density at radius 3 is 3.00 bits per heavy atom. The Bertz CT molecular complexity index is 473. The van der Waals surface area contributed by atoms with Crippen molar-refractivity contribution in [3.8, 4) is 0 Å². The van der Waals surface area contributed by atoms with Crippen LogP contribution in [0.5, 0.6) is 0 Å². The Morgan fingerprint density at radius 1 is 1.54 bits per heavy atom. The van der Waals surface area contributed by atoms with Crippen molar-refractivity contribution in [1.29, 1.82) is 0 Å². The molecular weight excluding hydrogens is 168 g/mol. The normalized spacial score (nSPS) is 10.5. The maximum Gasteiger partial charge on any atom is 0.182 e. The zero-order valence-electron chi connectivity index (χ0n) is 7.07. The molecule has 0 saturated carbocycles. The van der Waals surface area contributed by atoms with Crippen molar-refractivity contribution in [3.05, 3.63) is 24.1 Å². The molecule has 0 aliphatic carbocycles. The van der Waals surface area contributed by atoms with Gasteiger partial charge >= 0.3 is 0 Å². The number of nitrogens with zero attached hydrogens (tertiary/aromatic N) is 1. The van der Waals surface area contributed by atoms with Gasteiger partial charge < -0.3 is 10.2 Å². The number of benzene rings is 1. The van der Waals surface area contributed by atoms with Gasteiger partial charge in [0, 0.05) is 5.56 Å². The average Bonchev–Trinajstić information content (AvgIpc) is 2.51. The van der Waals surface area contributed by atoms with E-state index in [9.17, 15) is 4.79 Å². The standard InChI is InChI=1S/C9H8N2O2/c1-5(12)6-2-7(10)9-8(3-6)11-4-13-9/h2-4H,10H2,1H3. The van der Waals surface area contributed by atoms with Crippen molar-refractivity contribution in [2.45, 2.75) is 6.92 Å². The number of carbonyl (C=O) groups is 1. The highest BCUT2D eigenvalue weighted by Gasteiger charge is 2.07. The van der Waals surface area contributed by atoms with Crippen LogP contribution < -0.4 is 5.73 Å². The average molecular weight is 176 g/mol. The van der Waals surface area contributed by atoms with Crippen LogP contribution >= 0.6 is 0 Å². The van der Waals surface area contributed by atoms with Gasteiger partial charge in [-0.15, -0.1) is 0 Å². The predicted octanol–water partition coefficient (Wildman–Crippen LogP) is 1.61. The molecule has 2 aromatic rings. The predicted molar refractivity (Wildman–Crippen MR) is 48.4 cm³/mol. The fourth-order valence-corrected chi connectivity index (χ4v) is 1.20. The second-order valence-corrected chi connectivity index (χ2v) is 2.82. The lowest BCUT2D eigenvalue weighted by molar-refractivity contribution is 0.101. The summed E-state index contributed by atoms with van der Waals surface area (Å²) in [6, 6.07) is 3.26. The van der Waals surface area contributed by atoms with Crippen LogP contribution in [-0.2, 0) is 0 Å². The first-order valence-corrected chi connectivity index (χ1v) is 3.82. The molecule has 1 heterocycles. The SMILES string of the molecule is CC(=O)c1cc(N)c2ocnc2c1. The first-order chi connectivity index (χ1) is 6.18. The van der Waals surface area contributed by atoms with E-state index in [1.165, 1.54) is 13.3 Å². The molecule has 1 aromatic heterocycles. The Hall–Kier alpha value is -1.84. The molecule has 66 valence electrons. The van der Waals surface area contributed by atoms with E-state index in [1.54, 1.807) is 12.1 Å². The lowest BCUT2D eigenvalue weighted by atomic mass is 10.1. The molecule has 0 unspecified atom stereocenters. The van der Waals surface area contributed by atoms with Crippen molar-refractivity contribution in [2.24, 2.45) is 0 Å². The number of nitrogens with two attached hydrogens (primary N) is 1. The molecule has 0 amide bonds. The molecular formula is C9H8N2O2. The van der Waals surface area contributed by atoms with E-state index in [0.717, 1.165) is 0 Å². The minimum atomic E-state index is -0.0309. The number of hydrogen-bond donors (Lipinski definition) is 1. The summed E-state index contributed by atoms with van der Waals surface area (Å²) in [5, 5.41) is 0. The number of nitrogen functional groups attached to an aromatic ring is 1. The second kappa shape index (κ2) is 2.58. The quantitative estimate of drug-likeness (QED) is 0.529. The minimum absolute atomic E-state index is 0.0309. The summed E-state index contributed by atoms with van der Waals surface area (Å²) >= 11 is 0. The maximum atomic E-state index is 11.0. The Morgan fingerprint density at radius 2 is 2.31 bits per heavy atom. The van der Waals surface area contributed by atoms with Crippen molar-refractivity contribution >= 4 is 22.6 Å². The molecule has 1 aromatic carbocycles. The number of Topliss-reactive ketones (excluding diaryl/α,β-unsaturated/α-hetero) is 1. The van der Waals surface area contributed by atoms with Gasteiger partial charge in [0.05, 0.1) is 5.69 Å². The van der Waals surface area contributed by atoms with Gasteiger partial charge in [-0.2, -0.15) is 0 Å². The number of ketones is 1. The molecule has 0 aliphatic heterocycles. The van der Waals surface area contributed by atoms with Crippen LogP contribution in [0, 0.1) is 0 Å². The van der Waals surface area contributed by atoms with Gasteiger partial charge in [-0.25, -0.2) is 4.98 Å². The van der Waals surface area contributed by atoms with E-state index in [4.69, 9.17) is 10.2 Å². The van der Waals surface area contributed by atoms with Gasteiger partial charge in [0.1, 0.15) is 5.52 Å². The topological polar surface area (TPSA) is 69.1 Å². The molecule has 0 bridgehead atoms. The summed E-state index contributed by atoms with van der Waals surface area (Å²) in [6.45, 7) is 1.49. The van der Waals surface area contributed by atoms with Gasteiger partial charge in [-0.3, -0.25) is 4.79 Å². The van der Waals surface area contributed by atoms with Crippen LogP contribution in [0.15, 0.2) is 22.9 Å². The molecule has 0 fully saturated rings. The van der Waals surface area contributed by atoms with Gasteiger partial charge in [-0.05, 0) is 19.1 Å². The van der Waals surface area contributed by atoms with E-state index in [2.05, 4.69) is 4.98 Å². The number of anilines is 1. The third kappa shape index (κ3) is 1.16. The minimum Gasteiger partial charge on any atom is -0.441 e. The fraction of sp³-hybridized carbons (Fsp3) is 0.111. The smallest absolute Gasteiger partial charge is 0.182 e. The Balaban J connectivity index is 2.77. The van der Waals surface area contributed by atoms with Crippen molar-refractivity contribution in [1.82, 2.24) is 4.98 Å². The van der Waals surface area contributed by atoms with Crippen molar-refractivity contribution < 1.29 is 9.21 Å². The number of carbonyl (C=O) groups excluding carboxylic acids is 1. The highest BCUT2D eigenvalue weighted by Crippen LogP contribution is 2.21. The van der Waals surface area contributed by atoms with E-state index in [-0.39, 0.29) is 5.78 Å². The maximum absolute atomic E-state index is 11.0. The number of oxazole rings is 1. The lowest BCUT2D eigenvalue weighted by Gasteiger charge is -1.97. The van der Waals surface area contributed by atoms with Crippen LogP contribution in [0.1, 0.15) is 17.3 Å². The summed E-state index contributed by atoms with van der Waals surface area (Å²) in [7, 11) is 0. The summed E-state index contributed by atoms with van der Waals surface area (Å²) < 4.78 is 5.04. The van der Waals surface area contributed by atoms with Crippen LogP contribution in [0.2, 0.25) is 0 Å². The number of hydrogen-bond acceptors (Lipinski definition) is 4. The lowest BCUT2D eigenvalue weighted by Crippen LogP contribution is -1.94. The monoisotopic (exact) mass is 176 g/mol. The van der Waals surface area contributed by atoms with Crippen LogP contribution in [0.3, 0.4) is 0 Å². The van der Waals surface area contributed by atoms with Crippen molar-refractivity contribution in [3.63, 3.8) is 0 Å². The number of rotatable bonds is 1. The molecule has 13 heavy (non-hydrogen) atoms. The molecule has 0 aliphatic rings.